The minimum Gasteiger partial charge on any atom is -0.462 e. The van der Waals surface area contributed by atoms with Crippen LogP contribution in [0.1, 0.15) is 224 Å². The van der Waals surface area contributed by atoms with E-state index in [-0.39, 0.29) is 55.6 Å². The van der Waals surface area contributed by atoms with Crippen LogP contribution >= 0.6 is 23.2 Å². The number of hydrogen-bond donors (Lipinski definition) is 0. The van der Waals surface area contributed by atoms with Gasteiger partial charge in [0.05, 0.1) is 53.6 Å². The third-order valence-corrected chi connectivity index (χ3v) is 20.1. The summed E-state index contributed by atoms with van der Waals surface area (Å²) >= 11 is 13.3. The van der Waals surface area contributed by atoms with Crippen LogP contribution in [-0.4, -0.2) is 145 Å². The molecule has 552 valence electrons. The van der Waals surface area contributed by atoms with Crippen molar-refractivity contribution in [3.8, 4) is 0 Å². The third kappa shape index (κ3) is 25.4. The Hall–Kier alpha value is -8.09. The Balaban J connectivity index is 0.000000214. The Morgan fingerprint density at radius 2 is 0.794 bits per heavy atom. The zero-order chi connectivity index (χ0) is 73.3. The first kappa shape index (κ1) is 81.2. The van der Waals surface area contributed by atoms with Gasteiger partial charge in [-0.05, 0) is 240 Å². The molecular formula is C82H108Cl2N6O12. The van der Waals surface area contributed by atoms with E-state index in [1.807, 2.05) is 129 Å². The fraction of sp³-hybridized carbons (Fsp3) is 0.524. The predicted molar refractivity (Wildman–Crippen MR) is 406 cm³/mol. The van der Waals surface area contributed by atoms with Crippen LogP contribution in [0.25, 0.3) is 0 Å². The lowest BCUT2D eigenvalue weighted by Gasteiger charge is -2.34. The van der Waals surface area contributed by atoms with Gasteiger partial charge in [-0.1, -0.05) is 130 Å². The Kier molecular flexibility index (Phi) is 34.3. The van der Waals surface area contributed by atoms with E-state index in [4.69, 9.17) is 51.9 Å². The summed E-state index contributed by atoms with van der Waals surface area (Å²) in [5.74, 6) is -1.22. The van der Waals surface area contributed by atoms with Gasteiger partial charge in [-0.25, -0.2) is 14.4 Å². The summed E-state index contributed by atoms with van der Waals surface area (Å²) in [5.41, 5.74) is 10.9. The SMILES string of the molecule is CCC1CCCCN1C(=O)CO/N=C1/C=CCC/C=C/CCOC(=O)c2c(C)cc(C)cc2C1.Cc1cc(C)c2c(c1Cl)C/C(=N/OCC(=O)N1CCCCC1C)C=CCC/C=C/CCOC2=O.Cc1cc(C)c2c(c1Cl)C/C(=N\OCC(=O)N1CCCCC1C)C=CCC/C=C/CCOC2=O. The number of likely N-dealkylation sites (tertiary alicyclic amines) is 3. The second-order valence-electron chi connectivity index (χ2n) is 27.2. The van der Waals surface area contributed by atoms with Crippen molar-refractivity contribution in [1.82, 2.24) is 14.7 Å². The minimum absolute atomic E-state index is 0.0124. The molecule has 0 saturated carbocycles. The van der Waals surface area contributed by atoms with Crippen molar-refractivity contribution < 1.29 is 57.5 Å². The number of carbonyl (C=O) groups excluding carboxylic acids is 6. The van der Waals surface area contributed by atoms with Crippen molar-refractivity contribution in [2.45, 2.75) is 222 Å². The van der Waals surface area contributed by atoms with Gasteiger partial charge in [0, 0.05) is 67.1 Å². The number of oxime groups is 3. The number of benzene rings is 3. The molecule has 3 saturated heterocycles. The number of nitrogens with zero attached hydrogens (tertiary/aromatic N) is 6. The number of halogens is 2. The van der Waals surface area contributed by atoms with Gasteiger partial charge in [0.2, 0.25) is 0 Å². The van der Waals surface area contributed by atoms with E-state index in [1.54, 1.807) is 0 Å². The molecule has 0 radical (unpaired) electrons. The molecule has 3 aromatic rings. The highest BCUT2D eigenvalue weighted by Crippen LogP contribution is 2.32. The smallest absolute Gasteiger partial charge is 0.338 e. The van der Waals surface area contributed by atoms with Gasteiger partial charge in [0.1, 0.15) is 0 Å². The number of amides is 3. The maximum Gasteiger partial charge on any atom is 0.338 e. The van der Waals surface area contributed by atoms with Gasteiger partial charge >= 0.3 is 17.9 Å². The van der Waals surface area contributed by atoms with Gasteiger partial charge in [-0.15, -0.1) is 0 Å². The minimum atomic E-state index is -0.390. The summed E-state index contributed by atoms with van der Waals surface area (Å²) < 4.78 is 16.6. The lowest BCUT2D eigenvalue weighted by molar-refractivity contribution is -0.140. The first-order valence-electron chi connectivity index (χ1n) is 36.8. The molecule has 3 fully saturated rings. The van der Waals surface area contributed by atoms with Crippen molar-refractivity contribution in [1.29, 1.82) is 0 Å². The molecular weight excluding hydrogens is 1330 g/mol. The van der Waals surface area contributed by atoms with Crippen molar-refractivity contribution in [2.24, 2.45) is 15.5 Å². The number of fused-ring (bicyclic) bond motifs is 3. The van der Waals surface area contributed by atoms with Crippen LogP contribution in [0, 0.1) is 41.5 Å². The first-order valence-corrected chi connectivity index (χ1v) is 37.6. The number of rotatable bonds is 10. The van der Waals surface area contributed by atoms with E-state index >= 15 is 0 Å². The average molecular weight is 1440 g/mol. The molecule has 0 aromatic heterocycles. The highest BCUT2D eigenvalue weighted by atomic mass is 35.5. The van der Waals surface area contributed by atoms with Gasteiger partial charge in [-0.2, -0.15) is 0 Å². The molecule has 0 N–H and O–H groups in total. The Morgan fingerprint density at radius 1 is 0.441 bits per heavy atom. The molecule has 6 aliphatic heterocycles. The summed E-state index contributed by atoms with van der Waals surface area (Å²) in [6.45, 7) is 20.8. The maximum atomic E-state index is 12.9. The Labute approximate surface area is 615 Å². The summed E-state index contributed by atoms with van der Waals surface area (Å²) in [6, 6.07) is 8.53. The quantitative estimate of drug-likeness (QED) is 0.0805. The van der Waals surface area contributed by atoms with E-state index in [0.29, 0.717) is 119 Å². The standard InChI is InChI=1S/C28H38N2O4.2C27H35ClN2O4/c1-4-25-14-10-11-15-30(25)26(31)20-34-29-24-13-9-7-5-6-8-12-16-33-28(32)27-22(3)17-21(2)18-23(27)19-24;2*1-19-16-20(2)26(28)23-17-22(29-34-18-24(31)30-14-10-9-12-21(30)3)13-8-6-4-5-7-11-15-33-27(32)25(19)23/h6,8-9,13,17-18,25H,4-5,7,10-12,14-16,19-20H2,1-3H3;2*5,7-8,13,16,21H,4,6,9-12,14-15,17-18H2,1-3H3/b8-6+,13-9?,29-24-;7-5+,13-8?,29-22+;7-5+,13-8?,29-22-. The zero-order valence-electron chi connectivity index (χ0n) is 61.7. The Morgan fingerprint density at radius 3 is 1.21 bits per heavy atom. The van der Waals surface area contributed by atoms with Crippen LogP contribution in [0.15, 0.2) is 113 Å². The largest absolute Gasteiger partial charge is 0.462 e. The molecule has 6 heterocycles. The van der Waals surface area contributed by atoms with Crippen molar-refractivity contribution in [3.05, 3.63) is 174 Å². The highest BCUT2D eigenvalue weighted by molar-refractivity contribution is 6.33. The van der Waals surface area contributed by atoms with Crippen molar-refractivity contribution in [3.63, 3.8) is 0 Å². The number of piperidine rings is 3. The molecule has 0 aliphatic carbocycles. The van der Waals surface area contributed by atoms with Crippen molar-refractivity contribution in [2.75, 3.05) is 59.3 Å². The molecule has 3 aromatic carbocycles. The molecule has 6 aliphatic rings. The fourth-order valence-corrected chi connectivity index (χ4v) is 14.1. The molecule has 3 unspecified atom stereocenters. The lowest BCUT2D eigenvalue weighted by Crippen LogP contribution is -2.44. The van der Waals surface area contributed by atoms with E-state index in [9.17, 15) is 28.8 Å². The molecule has 18 nitrogen and oxygen atoms in total. The predicted octanol–water partition coefficient (Wildman–Crippen LogP) is 16.9. The van der Waals surface area contributed by atoms with Crippen molar-refractivity contribution >= 4 is 76.0 Å². The monoisotopic (exact) mass is 1440 g/mol. The second kappa shape index (κ2) is 43.1. The summed E-state index contributed by atoms with van der Waals surface area (Å²) in [7, 11) is 0. The molecule has 0 bridgehead atoms. The number of cyclic esters (lactones) is 3. The maximum absolute atomic E-state index is 12.9. The normalized spacial score (nSPS) is 22.0. The van der Waals surface area contributed by atoms with Crippen LogP contribution in [-0.2, 0) is 62.4 Å². The number of carbonyl (C=O) groups is 6. The zero-order valence-corrected chi connectivity index (χ0v) is 63.2. The fourth-order valence-electron chi connectivity index (χ4n) is 13.7. The number of hydrogen-bond acceptors (Lipinski definition) is 15. The second-order valence-corrected chi connectivity index (χ2v) is 28.0. The topological polar surface area (TPSA) is 205 Å². The van der Waals surface area contributed by atoms with E-state index in [1.165, 1.54) is 6.42 Å². The van der Waals surface area contributed by atoms with E-state index < -0.39 is 11.9 Å². The molecule has 0 spiro atoms. The van der Waals surface area contributed by atoms with Crippen LogP contribution in [0.5, 0.6) is 0 Å². The first-order chi connectivity index (χ1) is 49.3. The average Bonchev–Trinajstić information content (AvgIpc) is 1.09. The van der Waals surface area contributed by atoms with Crippen LogP contribution < -0.4 is 0 Å². The third-order valence-electron chi connectivity index (χ3n) is 19.0. The molecule has 20 heteroatoms. The molecule has 102 heavy (non-hydrogen) atoms. The van der Waals surface area contributed by atoms with Gasteiger partial charge in [0.25, 0.3) is 17.7 Å². The van der Waals surface area contributed by atoms with E-state index in [0.717, 1.165) is 155 Å². The molecule has 9 rings (SSSR count). The summed E-state index contributed by atoms with van der Waals surface area (Å²) in [4.78, 5) is 99.1. The van der Waals surface area contributed by atoms with Gasteiger partial charge in [-0.3, -0.25) is 14.4 Å². The molecule has 3 amide bonds. The van der Waals surface area contributed by atoms with Crippen LogP contribution in [0.2, 0.25) is 10.0 Å². The highest BCUT2D eigenvalue weighted by Gasteiger charge is 2.29. The van der Waals surface area contributed by atoms with Gasteiger partial charge in [0.15, 0.2) is 19.8 Å². The molecule has 3 atom stereocenters. The van der Waals surface area contributed by atoms with E-state index in [2.05, 4.69) is 60.5 Å². The lowest BCUT2D eigenvalue weighted by atomic mass is 9.94. The summed E-state index contributed by atoms with van der Waals surface area (Å²) in [6.07, 6.45) is 43.1. The Bertz CT molecular complexity index is 3500. The number of aryl methyl sites for hydroxylation is 6. The number of allylic oxidation sites excluding steroid dienone is 9. The number of esters is 3. The van der Waals surface area contributed by atoms with Crippen LogP contribution in [0.4, 0.5) is 0 Å². The summed E-state index contributed by atoms with van der Waals surface area (Å²) in [5, 5.41) is 14.0. The van der Waals surface area contributed by atoms with Gasteiger partial charge < -0.3 is 43.4 Å². The number of ether oxygens (including phenoxy) is 3. The van der Waals surface area contributed by atoms with Crippen LogP contribution in [0.3, 0.4) is 0 Å².